The molecule has 0 aliphatic heterocycles. The van der Waals surface area contributed by atoms with Crippen LogP contribution in [-0.2, 0) is 0 Å². The van der Waals surface area contributed by atoms with Gasteiger partial charge in [0.2, 0.25) is 0 Å². The Morgan fingerprint density at radius 2 is 1.53 bits per heavy atom. The first-order valence-electron chi connectivity index (χ1n) is 6.24. The SMILES string of the molecule is C=CC(c1ccc(C)cc1)C(O)c1ccc(Br)cc1. The van der Waals surface area contributed by atoms with E-state index in [0.29, 0.717) is 0 Å². The Morgan fingerprint density at radius 3 is 2.05 bits per heavy atom. The number of hydrogen-bond acceptors (Lipinski definition) is 1. The van der Waals surface area contributed by atoms with Crippen LogP contribution in [0.5, 0.6) is 0 Å². The van der Waals surface area contributed by atoms with Gasteiger partial charge in [-0.15, -0.1) is 6.58 Å². The highest BCUT2D eigenvalue weighted by Gasteiger charge is 2.19. The summed E-state index contributed by atoms with van der Waals surface area (Å²) in [6.07, 6.45) is 1.23. The molecule has 2 aromatic rings. The summed E-state index contributed by atoms with van der Waals surface area (Å²) in [6, 6.07) is 15.9. The van der Waals surface area contributed by atoms with Crippen LogP contribution in [0, 0.1) is 6.92 Å². The van der Waals surface area contributed by atoms with Crippen LogP contribution >= 0.6 is 15.9 Å². The van der Waals surface area contributed by atoms with Gasteiger partial charge in [0, 0.05) is 10.4 Å². The van der Waals surface area contributed by atoms with E-state index in [4.69, 9.17) is 0 Å². The summed E-state index contributed by atoms with van der Waals surface area (Å²) in [4.78, 5) is 0. The minimum Gasteiger partial charge on any atom is -0.387 e. The second kappa shape index (κ2) is 6.18. The quantitative estimate of drug-likeness (QED) is 0.806. The Kier molecular flexibility index (Phi) is 4.56. The highest BCUT2D eigenvalue weighted by Crippen LogP contribution is 2.32. The van der Waals surface area contributed by atoms with Crippen molar-refractivity contribution in [3.05, 3.63) is 82.3 Å². The lowest BCUT2D eigenvalue weighted by molar-refractivity contribution is 0.162. The number of halogens is 1. The zero-order chi connectivity index (χ0) is 13.8. The summed E-state index contributed by atoms with van der Waals surface area (Å²) in [6.45, 7) is 5.91. The monoisotopic (exact) mass is 316 g/mol. The first-order valence-corrected chi connectivity index (χ1v) is 7.04. The maximum atomic E-state index is 10.5. The second-order valence-electron chi connectivity index (χ2n) is 4.67. The van der Waals surface area contributed by atoms with Gasteiger partial charge in [-0.05, 0) is 30.2 Å². The van der Waals surface area contributed by atoms with Gasteiger partial charge in [0.25, 0.3) is 0 Å². The van der Waals surface area contributed by atoms with Crippen molar-refractivity contribution in [3.63, 3.8) is 0 Å². The third-order valence-electron chi connectivity index (χ3n) is 3.27. The maximum absolute atomic E-state index is 10.5. The van der Waals surface area contributed by atoms with Gasteiger partial charge in [-0.3, -0.25) is 0 Å². The van der Waals surface area contributed by atoms with Crippen LogP contribution in [-0.4, -0.2) is 5.11 Å². The summed E-state index contributed by atoms with van der Waals surface area (Å²) >= 11 is 3.40. The highest BCUT2D eigenvalue weighted by atomic mass is 79.9. The smallest absolute Gasteiger partial charge is 0.0893 e. The van der Waals surface area contributed by atoms with Crippen molar-refractivity contribution >= 4 is 15.9 Å². The minimum atomic E-state index is -0.576. The van der Waals surface area contributed by atoms with Crippen molar-refractivity contribution in [3.8, 4) is 0 Å². The summed E-state index contributed by atoms with van der Waals surface area (Å²) in [5, 5.41) is 10.5. The Labute approximate surface area is 122 Å². The topological polar surface area (TPSA) is 20.2 Å². The van der Waals surface area contributed by atoms with Gasteiger partial charge in [0.1, 0.15) is 0 Å². The Morgan fingerprint density at radius 1 is 1.00 bits per heavy atom. The normalized spacial score (nSPS) is 13.8. The average Bonchev–Trinajstić information content (AvgIpc) is 2.42. The molecule has 0 saturated carbocycles. The fourth-order valence-corrected chi connectivity index (χ4v) is 2.37. The molecule has 19 heavy (non-hydrogen) atoms. The third kappa shape index (κ3) is 3.34. The van der Waals surface area contributed by atoms with Crippen LogP contribution in [0.3, 0.4) is 0 Å². The number of aliphatic hydroxyl groups is 1. The van der Waals surface area contributed by atoms with Crippen LogP contribution in [0.1, 0.15) is 28.7 Å². The molecule has 98 valence electrons. The van der Waals surface area contributed by atoms with Crippen LogP contribution < -0.4 is 0 Å². The molecule has 2 heteroatoms. The first-order chi connectivity index (χ1) is 9.11. The number of benzene rings is 2. The predicted molar refractivity (Wildman–Crippen MR) is 83.2 cm³/mol. The lowest BCUT2D eigenvalue weighted by Crippen LogP contribution is -2.08. The fraction of sp³-hybridized carbons (Fsp3) is 0.176. The van der Waals surface area contributed by atoms with E-state index >= 15 is 0 Å². The second-order valence-corrected chi connectivity index (χ2v) is 5.58. The zero-order valence-corrected chi connectivity index (χ0v) is 12.5. The molecule has 0 spiro atoms. The average molecular weight is 317 g/mol. The van der Waals surface area contributed by atoms with Crippen LogP contribution in [0.2, 0.25) is 0 Å². The zero-order valence-electron chi connectivity index (χ0n) is 10.9. The molecule has 0 aliphatic carbocycles. The molecule has 0 aliphatic rings. The fourth-order valence-electron chi connectivity index (χ4n) is 2.10. The summed E-state index contributed by atoms with van der Waals surface area (Å²) in [5.41, 5.74) is 3.19. The largest absolute Gasteiger partial charge is 0.387 e. The number of hydrogen-bond donors (Lipinski definition) is 1. The molecular formula is C17H17BrO. The van der Waals surface area contributed by atoms with Crippen LogP contribution in [0.25, 0.3) is 0 Å². The molecule has 0 amide bonds. The number of aryl methyl sites for hydroxylation is 1. The van der Waals surface area contributed by atoms with Gasteiger partial charge in [0.15, 0.2) is 0 Å². The van der Waals surface area contributed by atoms with Crippen molar-refractivity contribution in [2.45, 2.75) is 18.9 Å². The van der Waals surface area contributed by atoms with Crippen molar-refractivity contribution in [1.82, 2.24) is 0 Å². The molecule has 1 N–H and O–H groups in total. The molecular weight excluding hydrogens is 300 g/mol. The molecule has 0 radical (unpaired) electrons. The first kappa shape index (κ1) is 14.0. The van der Waals surface area contributed by atoms with E-state index in [2.05, 4.69) is 41.6 Å². The molecule has 2 unspecified atom stereocenters. The van der Waals surface area contributed by atoms with Gasteiger partial charge in [0.05, 0.1) is 6.10 Å². The van der Waals surface area contributed by atoms with Gasteiger partial charge in [-0.1, -0.05) is 64.0 Å². The third-order valence-corrected chi connectivity index (χ3v) is 3.80. The Hall–Kier alpha value is -1.38. The van der Waals surface area contributed by atoms with E-state index in [0.717, 1.165) is 15.6 Å². The molecule has 2 atom stereocenters. The van der Waals surface area contributed by atoms with E-state index in [1.165, 1.54) is 5.56 Å². The molecule has 0 fully saturated rings. The van der Waals surface area contributed by atoms with Gasteiger partial charge < -0.3 is 5.11 Å². The minimum absolute atomic E-state index is 0.0956. The number of aliphatic hydroxyl groups excluding tert-OH is 1. The van der Waals surface area contributed by atoms with E-state index in [1.54, 1.807) is 6.08 Å². The predicted octanol–water partition coefficient (Wildman–Crippen LogP) is 4.76. The van der Waals surface area contributed by atoms with Crippen LogP contribution in [0.15, 0.2) is 65.7 Å². The van der Waals surface area contributed by atoms with Gasteiger partial charge >= 0.3 is 0 Å². The Balaban J connectivity index is 2.28. The molecule has 0 saturated heterocycles. The molecule has 0 aromatic heterocycles. The summed E-state index contributed by atoms with van der Waals surface area (Å²) in [7, 11) is 0. The van der Waals surface area contributed by atoms with E-state index in [1.807, 2.05) is 36.4 Å². The molecule has 0 heterocycles. The maximum Gasteiger partial charge on any atom is 0.0893 e. The molecule has 1 nitrogen and oxygen atoms in total. The number of rotatable bonds is 4. The molecule has 0 bridgehead atoms. The van der Waals surface area contributed by atoms with E-state index in [-0.39, 0.29) is 5.92 Å². The lowest BCUT2D eigenvalue weighted by atomic mass is 9.89. The molecule has 2 aromatic carbocycles. The van der Waals surface area contributed by atoms with Crippen molar-refractivity contribution < 1.29 is 5.11 Å². The molecule has 2 rings (SSSR count). The summed E-state index contributed by atoms with van der Waals surface area (Å²) in [5.74, 6) is -0.0956. The van der Waals surface area contributed by atoms with E-state index in [9.17, 15) is 5.11 Å². The van der Waals surface area contributed by atoms with Gasteiger partial charge in [-0.25, -0.2) is 0 Å². The van der Waals surface area contributed by atoms with E-state index < -0.39 is 6.10 Å². The van der Waals surface area contributed by atoms with Crippen molar-refractivity contribution in [2.24, 2.45) is 0 Å². The lowest BCUT2D eigenvalue weighted by Gasteiger charge is -2.20. The Bertz CT molecular complexity index is 542. The standard InChI is InChI=1S/C17H17BrO/c1-3-16(13-6-4-12(2)5-7-13)17(19)14-8-10-15(18)11-9-14/h3-11,16-17,19H,1H2,2H3. The summed E-state index contributed by atoms with van der Waals surface area (Å²) < 4.78 is 1.01. The van der Waals surface area contributed by atoms with Gasteiger partial charge in [-0.2, -0.15) is 0 Å². The van der Waals surface area contributed by atoms with Crippen LogP contribution in [0.4, 0.5) is 0 Å². The van der Waals surface area contributed by atoms with Crippen molar-refractivity contribution in [1.29, 1.82) is 0 Å². The van der Waals surface area contributed by atoms with Crippen molar-refractivity contribution in [2.75, 3.05) is 0 Å². The highest BCUT2D eigenvalue weighted by molar-refractivity contribution is 9.10.